The second-order valence-corrected chi connectivity index (χ2v) is 5.43. The molecular weight excluding hydrogens is 357 g/mol. The van der Waals surface area contributed by atoms with Gasteiger partial charge in [-0.1, -0.05) is 26.3 Å². The summed E-state index contributed by atoms with van der Waals surface area (Å²) in [6.07, 6.45) is 3.40. The molecule has 3 nitrogen and oxygen atoms in total. The summed E-state index contributed by atoms with van der Waals surface area (Å²) in [7, 11) is 0. The lowest BCUT2D eigenvalue weighted by molar-refractivity contribution is 0.596. The molecule has 0 saturated heterocycles. The highest BCUT2D eigenvalue weighted by atomic mass is 127. The Labute approximate surface area is 131 Å². The summed E-state index contributed by atoms with van der Waals surface area (Å²) in [6, 6.07) is 4.27. The first-order valence-corrected chi connectivity index (χ1v) is 7.16. The molecule has 0 fully saturated rings. The molecule has 0 amide bonds. The molecule has 0 saturated carbocycles. The fourth-order valence-electron chi connectivity index (χ4n) is 1.54. The second-order valence-electron chi connectivity index (χ2n) is 4.39. The number of rotatable bonds is 7. The van der Waals surface area contributed by atoms with Crippen LogP contribution in [-0.2, 0) is 6.42 Å². The summed E-state index contributed by atoms with van der Waals surface area (Å²) in [5.74, 6) is 1.12. The Balaban J connectivity index is 0.00000289. The summed E-state index contributed by atoms with van der Waals surface area (Å²) >= 11 is 1.81. The molecule has 1 rings (SSSR count). The number of hydrogen-bond acceptors (Lipinski definition) is 2. The van der Waals surface area contributed by atoms with Crippen molar-refractivity contribution in [2.24, 2.45) is 16.6 Å². The maximum absolute atomic E-state index is 5.78. The second kappa shape index (κ2) is 10.6. The average molecular weight is 381 g/mol. The molecule has 104 valence electrons. The van der Waals surface area contributed by atoms with E-state index in [1.54, 1.807) is 0 Å². The summed E-state index contributed by atoms with van der Waals surface area (Å²) < 4.78 is 0. The SMILES string of the molecule is CCCCNC(N)=NCC(C)Cc1cccs1.I. The van der Waals surface area contributed by atoms with E-state index >= 15 is 0 Å². The number of nitrogens with two attached hydrogens (primary N) is 1. The zero-order chi connectivity index (χ0) is 12.5. The van der Waals surface area contributed by atoms with Crippen molar-refractivity contribution < 1.29 is 0 Å². The van der Waals surface area contributed by atoms with Gasteiger partial charge < -0.3 is 11.1 Å². The van der Waals surface area contributed by atoms with Gasteiger partial charge in [0.15, 0.2) is 5.96 Å². The number of thiophene rings is 1. The number of hydrogen-bond donors (Lipinski definition) is 2. The molecule has 0 spiro atoms. The number of halogens is 1. The van der Waals surface area contributed by atoms with Crippen LogP contribution >= 0.6 is 35.3 Å². The molecular formula is C13H24IN3S. The number of guanidine groups is 1. The van der Waals surface area contributed by atoms with Crippen molar-refractivity contribution in [2.75, 3.05) is 13.1 Å². The van der Waals surface area contributed by atoms with Crippen LogP contribution in [0.1, 0.15) is 31.6 Å². The molecule has 0 aliphatic rings. The Hall–Kier alpha value is -0.300. The van der Waals surface area contributed by atoms with Gasteiger partial charge in [-0.2, -0.15) is 0 Å². The molecule has 0 aromatic carbocycles. The zero-order valence-electron chi connectivity index (χ0n) is 11.2. The van der Waals surface area contributed by atoms with Crippen LogP contribution in [0.5, 0.6) is 0 Å². The molecule has 0 aliphatic heterocycles. The highest BCUT2D eigenvalue weighted by Crippen LogP contribution is 2.14. The first kappa shape index (κ1) is 17.7. The standard InChI is InChI=1S/C13H23N3S.HI/c1-3-4-7-15-13(14)16-10-11(2)9-12-6-5-8-17-12;/h5-6,8,11H,3-4,7,9-10H2,1-2H3,(H3,14,15,16);1H. The van der Waals surface area contributed by atoms with Gasteiger partial charge in [-0.25, -0.2) is 0 Å². The molecule has 0 aliphatic carbocycles. The Morgan fingerprint density at radius 2 is 2.33 bits per heavy atom. The number of nitrogens with zero attached hydrogens (tertiary/aromatic N) is 1. The van der Waals surface area contributed by atoms with Crippen LogP contribution in [-0.4, -0.2) is 19.0 Å². The third-order valence-electron chi connectivity index (χ3n) is 2.54. The molecule has 0 bridgehead atoms. The molecule has 1 aromatic heterocycles. The number of unbranched alkanes of at least 4 members (excludes halogenated alkanes) is 1. The van der Waals surface area contributed by atoms with Crippen molar-refractivity contribution >= 4 is 41.3 Å². The third kappa shape index (κ3) is 7.92. The maximum Gasteiger partial charge on any atom is 0.188 e. The topological polar surface area (TPSA) is 50.4 Å². The summed E-state index contributed by atoms with van der Waals surface area (Å²) in [5, 5.41) is 5.25. The van der Waals surface area contributed by atoms with Crippen molar-refractivity contribution in [3.05, 3.63) is 22.4 Å². The summed E-state index contributed by atoms with van der Waals surface area (Å²) in [4.78, 5) is 5.79. The summed E-state index contributed by atoms with van der Waals surface area (Å²) in [5.41, 5.74) is 5.78. The summed E-state index contributed by atoms with van der Waals surface area (Å²) in [6.45, 7) is 6.09. The van der Waals surface area contributed by atoms with Crippen LogP contribution < -0.4 is 11.1 Å². The molecule has 1 atom stereocenters. The first-order chi connectivity index (χ1) is 8.22. The van der Waals surface area contributed by atoms with Gasteiger partial charge in [-0.05, 0) is 30.2 Å². The van der Waals surface area contributed by atoms with E-state index in [2.05, 4.69) is 41.7 Å². The van der Waals surface area contributed by atoms with Crippen molar-refractivity contribution in [1.29, 1.82) is 0 Å². The molecule has 5 heteroatoms. The van der Waals surface area contributed by atoms with Gasteiger partial charge in [0.05, 0.1) is 0 Å². The maximum atomic E-state index is 5.78. The minimum absolute atomic E-state index is 0. The van der Waals surface area contributed by atoms with E-state index in [0.717, 1.165) is 25.9 Å². The van der Waals surface area contributed by atoms with Crippen LogP contribution in [0.25, 0.3) is 0 Å². The quantitative estimate of drug-likeness (QED) is 0.330. The van der Waals surface area contributed by atoms with Gasteiger partial charge in [-0.15, -0.1) is 35.3 Å². The minimum Gasteiger partial charge on any atom is -0.370 e. The smallest absolute Gasteiger partial charge is 0.188 e. The number of aliphatic imine (C=N–C) groups is 1. The Kier molecular flexibility index (Phi) is 10.4. The molecule has 3 N–H and O–H groups in total. The lowest BCUT2D eigenvalue weighted by atomic mass is 10.1. The Morgan fingerprint density at radius 1 is 1.56 bits per heavy atom. The fourth-order valence-corrected chi connectivity index (χ4v) is 2.41. The molecule has 1 unspecified atom stereocenters. The van der Waals surface area contributed by atoms with Gasteiger partial charge in [0, 0.05) is 18.0 Å². The number of nitrogens with one attached hydrogen (secondary N) is 1. The van der Waals surface area contributed by atoms with Gasteiger partial charge in [0.1, 0.15) is 0 Å². The van der Waals surface area contributed by atoms with Crippen molar-refractivity contribution in [3.63, 3.8) is 0 Å². The van der Waals surface area contributed by atoms with Crippen LogP contribution in [0, 0.1) is 5.92 Å². The minimum atomic E-state index is 0. The highest BCUT2D eigenvalue weighted by molar-refractivity contribution is 14.0. The molecule has 1 heterocycles. The van der Waals surface area contributed by atoms with Crippen LogP contribution in [0.3, 0.4) is 0 Å². The predicted molar refractivity (Wildman–Crippen MR) is 92.0 cm³/mol. The van der Waals surface area contributed by atoms with Crippen LogP contribution in [0.2, 0.25) is 0 Å². The normalized spacial score (nSPS) is 12.9. The highest BCUT2D eigenvalue weighted by Gasteiger charge is 2.03. The zero-order valence-corrected chi connectivity index (χ0v) is 14.3. The van der Waals surface area contributed by atoms with Crippen molar-refractivity contribution in [1.82, 2.24) is 5.32 Å². The monoisotopic (exact) mass is 381 g/mol. The van der Waals surface area contributed by atoms with E-state index in [4.69, 9.17) is 5.73 Å². The van der Waals surface area contributed by atoms with Gasteiger partial charge in [0.2, 0.25) is 0 Å². The Morgan fingerprint density at radius 3 is 2.94 bits per heavy atom. The third-order valence-corrected chi connectivity index (χ3v) is 3.44. The van der Waals surface area contributed by atoms with E-state index in [0.29, 0.717) is 11.9 Å². The Bertz CT molecular complexity index is 325. The largest absolute Gasteiger partial charge is 0.370 e. The van der Waals surface area contributed by atoms with E-state index in [1.165, 1.54) is 11.3 Å². The van der Waals surface area contributed by atoms with Gasteiger partial charge in [-0.3, -0.25) is 4.99 Å². The van der Waals surface area contributed by atoms with Crippen molar-refractivity contribution in [3.8, 4) is 0 Å². The first-order valence-electron chi connectivity index (χ1n) is 6.28. The van der Waals surface area contributed by atoms with E-state index in [-0.39, 0.29) is 24.0 Å². The van der Waals surface area contributed by atoms with Gasteiger partial charge >= 0.3 is 0 Å². The average Bonchev–Trinajstić information content (AvgIpc) is 2.79. The lowest BCUT2D eigenvalue weighted by Crippen LogP contribution is -2.32. The predicted octanol–water partition coefficient (Wildman–Crippen LogP) is 3.25. The van der Waals surface area contributed by atoms with Crippen molar-refractivity contribution in [2.45, 2.75) is 33.1 Å². The van der Waals surface area contributed by atoms with E-state index in [1.807, 2.05) is 11.3 Å². The van der Waals surface area contributed by atoms with Crippen LogP contribution in [0.4, 0.5) is 0 Å². The lowest BCUT2D eigenvalue weighted by Gasteiger charge is -2.08. The van der Waals surface area contributed by atoms with E-state index in [9.17, 15) is 0 Å². The van der Waals surface area contributed by atoms with E-state index < -0.39 is 0 Å². The van der Waals surface area contributed by atoms with Gasteiger partial charge in [0.25, 0.3) is 0 Å². The molecule has 0 radical (unpaired) electrons. The fraction of sp³-hybridized carbons (Fsp3) is 0.615. The molecule has 1 aromatic rings. The molecule has 18 heavy (non-hydrogen) atoms. The van der Waals surface area contributed by atoms with Crippen LogP contribution in [0.15, 0.2) is 22.5 Å².